The molecule has 0 spiro atoms. The van der Waals surface area contributed by atoms with Crippen molar-refractivity contribution >= 4 is 46.7 Å². The molecule has 0 saturated heterocycles. The van der Waals surface area contributed by atoms with Crippen molar-refractivity contribution in [1.82, 2.24) is 0 Å². The Labute approximate surface area is 185 Å². The first-order valence-corrected chi connectivity index (χ1v) is 10.1. The minimum Gasteiger partial charge on any atom is -0.490 e. The predicted molar refractivity (Wildman–Crippen MR) is 121 cm³/mol. The lowest BCUT2D eigenvalue weighted by molar-refractivity contribution is 0.269. The molecule has 0 atom stereocenters. The summed E-state index contributed by atoms with van der Waals surface area (Å²) in [6.45, 7) is 2.57. The van der Waals surface area contributed by atoms with Gasteiger partial charge in [0.05, 0.1) is 28.6 Å². The van der Waals surface area contributed by atoms with Gasteiger partial charge in [-0.2, -0.15) is 5.10 Å². The average Bonchev–Trinajstić information content (AvgIpc) is 2.73. The monoisotopic (exact) mass is 448 g/mol. The fraction of sp³-hybridized carbons (Fsp3) is 0.136. The molecule has 4 nitrogen and oxygen atoms in total. The lowest BCUT2D eigenvalue weighted by Gasteiger charge is -2.14. The van der Waals surface area contributed by atoms with Gasteiger partial charge in [-0.05, 0) is 55.0 Å². The Morgan fingerprint density at radius 2 is 1.66 bits per heavy atom. The maximum atomic E-state index is 6.25. The van der Waals surface area contributed by atoms with Crippen molar-refractivity contribution in [3.63, 3.8) is 0 Å². The van der Waals surface area contributed by atoms with E-state index in [0.717, 1.165) is 11.3 Å². The molecule has 0 bridgehead atoms. The number of hydrogen-bond donors (Lipinski definition) is 1. The van der Waals surface area contributed by atoms with Crippen LogP contribution >= 0.6 is 34.8 Å². The van der Waals surface area contributed by atoms with Crippen LogP contribution in [0.15, 0.2) is 65.8 Å². The molecule has 0 amide bonds. The van der Waals surface area contributed by atoms with Gasteiger partial charge in [-0.1, -0.05) is 53.0 Å². The summed E-state index contributed by atoms with van der Waals surface area (Å²) >= 11 is 18.5. The molecule has 7 heteroatoms. The maximum Gasteiger partial charge on any atom is 0.161 e. The van der Waals surface area contributed by atoms with E-state index in [1.54, 1.807) is 18.3 Å². The minimum absolute atomic E-state index is 0.168. The van der Waals surface area contributed by atoms with E-state index in [9.17, 15) is 0 Å². The molecule has 3 aromatic rings. The third-order valence-electron chi connectivity index (χ3n) is 3.96. The number of halogens is 3. The highest BCUT2D eigenvalue weighted by molar-refractivity contribution is 6.44. The van der Waals surface area contributed by atoms with E-state index in [-0.39, 0.29) is 6.61 Å². The Morgan fingerprint density at radius 3 is 2.41 bits per heavy atom. The van der Waals surface area contributed by atoms with Gasteiger partial charge in [-0.15, -0.1) is 0 Å². The van der Waals surface area contributed by atoms with Gasteiger partial charge in [0.15, 0.2) is 11.5 Å². The van der Waals surface area contributed by atoms with E-state index < -0.39 is 0 Å². The van der Waals surface area contributed by atoms with Crippen LogP contribution in [0.1, 0.15) is 18.1 Å². The molecule has 0 heterocycles. The van der Waals surface area contributed by atoms with E-state index in [1.807, 2.05) is 55.5 Å². The number of ether oxygens (including phenoxy) is 2. The van der Waals surface area contributed by atoms with Crippen molar-refractivity contribution < 1.29 is 9.47 Å². The summed E-state index contributed by atoms with van der Waals surface area (Å²) in [6, 6.07) is 18.6. The normalized spacial score (nSPS) is 10.9. The van der Waals surface area contributed by atoms with Crippen LogP contribution < -0.4 is 14.9 Å². The third kappa shape index (κ3) is 5.80. The van der Waals surface area contributed by atoms with Crippen molar-refractivity contribution in [2.75, 3.05) is 12.0 Å². The summed E-state index contributed by atoms with van der Waals surface area (Å²) in [5, 5.41) is 5.55. The molecule has 150 valence electrons. The summed E-state index contributed by atoms with van der Waals surface area (Å²) in [6.07, 6.45) is 1.71. The summed E-state index contributed by atoms with van der Waals surface area (Å²) in [4.78, 5) is 0. The van der Waals surface area contributed by atoms with Crippen LogP contribution in [-0.4, -0.2) is 12.8 Å². The number of nitrogens with one attached hydrogen (secondary N) is 1. The highest BCUT2D eigenvalue weighted by Crippen LogP contribution is 2.34. The molecule has 29 heavy (non-hydrogen) atoms. The second-order valence-electron chi connectivity index (χ2n) is 5.99. The van der Waals surface area contributed by atoms with Gasteiger partial charge in [0.25, 0.3) is 0 Å². The Balaban J connectivity index is 1.73. The quantitative estimate of drug-likeness (QED) is 0.227. The van der Waals surface area contributed by atoms with Gasteiger partial charge in [0, 0.05) is 10.6 Å². The van der Waals surface area contributed by atoms with Gasteiger partial charge in [0.1, 0.15) is 6.61 Å². The number of benzene rings is 3. The molecule has 0 unspecified atom stereocenters. The molecule has 3 rings (SSSR count). The van der Waals surface area contributed by atoms with E-state index in [4.69, 9.17) is 44.3 Å². The Morgan fingerprint density at radius 1 is 0.897 bits per heavy atom. The fourth-order valence-electron chi connectivity index (χ4n) is 2.54. The second kappa shape index (κ2) is 10.4. The number of nitrogens with zero attached hydrogens (tertiary/aromatic N) is 1. The molecule has 1 N–H and O–H groups in total. The smallest absolute Gasteiger partial charge is 0.161 e. The standard InChI is InChI=1S/C22H19Cl3N2O2/c1-2-28-21-12-15(13-26-27-16-6-4-3-5-7-16)8-11-20(21)29-14-17-18(23)9-10-19(24)22(17)25/h3-13,27H,2,14H2,1H3/b26-13+. The highest BCUT2D eigenvalue weighted by Gasteiger charge is 2.12. The van der Waals surface area contributed by atoms with Crippen molar-refractivity contribution in [2.24, 2.45) is 5.10 Å². The molecule has 0 saturated carbocycles. The van der Waals surface area contributed by atoms with E-state index in [1.165, 1.54) is 0 Å². The van der Waals surface area contributed by atoms with Crippen molar-refractivity contribution in [3.05, 3.63) is 86.9 Å². The summed E-state index contributed by atoms with van der Waals surface area (Å²) in [5.74, 6) is 1.18. The Bertz CT molecular complexity index is 995. The van der Waals surface area contributed by atoms with Gasteiger partial charge in [0.2, 0.25) is 0 Å². The van der Waals surface area contributed by atoms with Crippen LogP contribution in [0.25, 0.3) is 0 Å². The number of para-hydroxylation sites is 1. The van der Waals surface area contributed by atoms with Gasteiger partial charge in [-0.3, -0.25) is 5.43 Å². The second-order valence-corrected chi connectivity index (χ2v) is 7.18. The fourth-order valence-corrected chi connectivity index (χ4v) is 3.19. The predicted octanol–water partition coefficient (Wildman–Crippen LogP) is 7.07. The minimum atomic E-state index is 0.168. The molecular weight excluding hydrogens is 431 g/mol. The number of hydrogen-bond acceptors (Lipinski definition) is 4. The lowest BCUT2D eigenvalue weighted by atomic mass is 10.2. The SMILES string of the molecule is CCOc1cc(/C=N/Nc2ccccc2)ccc1OCc1c(Cl)ccc(Cl)c1Cl. The number of hydrazone groups is 1. The van der Waals surface area contributed by atoms with E-state index >= 15 is 0 Å². The topological polar surface area (TPSA) is 42.8 Å². The highest BCUT2D eigenvalue weighted by atomic mass is 35.5. The van der Waals surface area contributed by atoms with Gasteiger partial charge in [-0.25, -0.2) is 0 Å². The van der Waals surface area contributed by atoms with E-state index in [0.29, 0.717) is 38.7 Å². The lowest BCUT2D eigenvalue weighted by Crippen LogP contribution is -2.02. The molecule has 0 fully saturated rings. The first-order valence-electron chi connectivity index (χ1n) is 8.94. The van der Waals surface area contributed by atoms with Crippen LogP contribution in [-0.2, 0) is 6.61 Å². The molecule has 3 aromatic carbocycles. The Hall–Kier alpha value is -2.40. The zero-order chi connectivity index (χ0) is 20.6. The zero-order valence-electron chi connectivity index (χ0n) is 15.7. The van der Waals surface area contributed by atoms with Crippen molar-refractivity contribution in [3.8, 4) is 11.5 Å². The van der Waals surface area contributed by atoms with Crippen LogP contribution in [0.4, 0.5) is 5.69 Å². The van der Waals surface area contributed by atoms with Crippen molar-refractivity contribution in [2.45, 2.75) is 13.5 Å². The first-order chi connectivity index (χ1) is 14.1. The van der Waals surface area contributed by atoms with Gasteiger partial charge >= 0.3 is 0 Å². The number of anilines is 1. The summed E-state index contributed by atoms with van der Waals surface area (Å²) in [5.41, 5.74) is 5.38. The Kier molecular flexibility index (Phi) is 7.64. The van der Waals surface area contributed by atoms with Crippen LogP contribution in [0, 0.1) is 0 Å². The van der Waals surface area contributed by atoms with E-state index in [2.05, 4.69) is 10.5 Å². The molecule has 0 aliphatic rings. The number of rotatable bonds is 8. The largest absolute Gasteiger partial charge is 0.490 e. The first kappa shape index (κ1) is 21.3. The van der Waals surface area contributed by atoms with Crippen LogP contribution in [0.5, 0.6) is 11.5 Å². The van der Waals surface area contributed by atoms with Gasteiger partial charge < -0.3 is 9.47 Å². The van der Waals surface area contributed by atoms with Crippen LogP contribution in [0.3, 0.4) is 0 Å². The molecule has 0 aliphatic heterocycles. The van der Waals surface area contributed by atoms with Crippen LogP contribution in [0.2, 0.25) is 15.1 Å². The molecule has 0 aliphatic carbocycles. The van der Waals surface area contributed by atoms with Crippen molar-refractivity contribution in [1.29, 1.82) is 0 Å². The third-order valence-corrected chi connectivity index (χ3v) is 5.16. The zero-order valence-corrected chi connectivity index (χ0v) is 17.9. The summed E-state index contributed by atoms with van der Waals surface area (Å²) < 4.78 is 11.6. The molecule has 0 aromatic heterocycles. The summed E-state index contributed by atoms with van der Waals surface area (Å²) in [7, 11) is 0. The average molecular weight is 450 g/mol. The maximum absolute atomic E-state index is 6.25. The molecular formula is C22H19Cl3N2O2. The molecule has 0 radical (unpaired) electrons.